The molecule has 0 fully saturated rings. The maximum absolute atomic E-state index is 10.7. The molecule has 1 aromatic carbocycles. The molecule has 7 nitrogen and oxygen atoms in total. The van der Waals surface area contributed by atoms with Crippen molar-refractivity contribution in [1.82, 2.24) is 4.98 Å². The highest BCUT2D eigenvalue weighted by Gasteiger charge is 2.12. The summed E-state index contributed by atoms with van der Waals surface area (Å²) in [4.78, 5) is 14.0. The van der Waals surface area contributed by atoms with E-state index in [1.54, 1.807) is 12.1 Å². The Labute approximate surface area is 102 Å². The summed E-state index contributed by atoms with van der Waals surface area (Å²) in [6.07, 6.45) is 1.48. The Kier molecular flexibility index (Phi) is 2.96. The number of nitrogen functional groups attached to an aromatic ring is 2. The second-order valence-electron chi connectivity index (χ2n) is 3.50. The number of anilines is 2. The molecule has 4 N–H and O–H groups in total. The van der Waals surface area contributed by atoms with Crippen LogP contribution in [0.15, 0.2) is 36.5 Å². The molecule has 0 spiro atoms. The number of aromatic nitrogens is 1. The van der Waals surface area contributed by atoms with E-state index in [0.29, 0.717) is 17.3 Å². The van der Waals surface area contributed by atoms with Gasteiger partial charge < -0.3 is 16.2 Å². The van der Waals surface area contributed by atoms with Gasteiger partial charge in [-0.2, -0.15) is 0 Å². The van der Waals surface area contributed by atoms with Gasteiger partial charge >= 0.3 is 0 Å². The number of rotatable bonds is 3. The second-order valence-corrected chi connectivity index (χ2v) is 3.50. The normalized spacial score (nSPS) is 10.0. The molecule has 0 saturated carbocycles. The summed E-state index contributed by atoms with van der Waals surface area (Å²) < 4.78 is 5.42. The van der Waals surface area contributed by atoms with Gasteiger partial charge in [-0.25, -0.2) is 4.98 Å². The maximum atomic E-state index is 10.7. The van der Waals surface area contributed by atoms with E-state index in [4.69, 9.17) is 16.2 Å². The zero-order chi connectivity index (χ0) is 13.1. The lowest BCUT2D eigenvalue weighted by atomic mass is 10.2. The average molecular weight is 246 g/mol. The molecule has 0 bridgehead atoms. The van der Waals surface area contributed by atoms with E-state index in [0.717, 1.165) is 0 Å². The summed E-state index contributed by atoms with van der Waals surface area (Å²) in [5.41, 5.74) is 10.9. The Hall–Kier alpha value is -2.83. The third-order valence-corrected chi connectivity index (χ3v) is 2.19. The highest BCUT2D eigenvalue weighted by molar-refractivity contribution is 5.61. The quantitative estimate of drug-likeness (QED) is 0.485. The molecular weight excluding hydrogens is 236 g/mol. The Bertz CT molecular complexity index is 601. The van der Waals surface area contributed by atoms with Crippen molar-refractivity contribution in [2.75, 3.05) is 11.5 Å². The van der Waals surface area contributed by atoms with Crippen molar-refractivity contribution in [2.24, 2.45) is 0 Å². The maximum Gasteiger partial charge on any atom is 0.295 e. The summed E-state index contributed by atoms with van der Waals surface area (Å²) in [6, 6.07) is 7.32. The highest BCUT2D eigenvalue weighted by Crippen LogP contribution is 2.29. The summed E-state index contributed by atoms with van der Waals surface area (Å²) in [7, 11) is 0. The van der Waals surface area contributed by atoms with Crippen molar-refractivity contribution in [2.45, 2.75) is 0 Å². The minimum absolute atomic E-state index is 0.0848. The summed E-state index contributed by atoms with van der Waals surface area (Å²) in [5.74, 6) is 1.06. The van der Waals surface area contributed by atoms with Gasteiger partial charge in [-0.3, -0.25) is 10.1 Å². The average Bonchev–Trinajstić information content (AvgIpc) is 2.31. The van der Waals surface area contributed by atoms with Gasteiger partial charge in [0.25, 0.3) is 5.69 Å². The number of nitrogens with zero attached hydrogens (tertiary/aromatic N) is 2. The molecule has 0 aliphatic rings. The lowest BCUT2D eigenvalue weighted by Gasteiger charge is -2.06. The summed E-state index contributed by atoms with van der Waals surface area (Å²) >= 11 is 0. The molecule has 0 radical (unpaired) electrons. The van der Waals surface area contributed by atoms with Gasteiger partial charge in [0.2, 0.25) is 0 Å². The molecule has 2 aromatic rings. The van der Waals surface area contributed by atoms with E-state index in [9.17, 15) is 10.1 Å². The van der Waals surface area contributed by atoms with Crippen molar-refractivity contribution in [3.8, 4) is 11.5 Å². The van der Waals surface area contributed by atoms with Crippen LogP contribution in [0.3, 0.4) is 0 Å². The third kappa shape index (κ3) is 2.46. The Balaban J connectivity index is 2.30. The number of benzene rings is 1. The first kappa shape index (κ1) is 11.6. The van der Waals surface area contributed by atoms with E-state index >= 15 is 0 Å². The van der Waals surface area contributed by atoms with Crippen LogP contribution in [0.5, 0.6) is 11.5 Å². The fourth-order valence-electron chi connectivity index (χ4n) is 1.37. The molecule has 92 valence electrons. The Morgan fingerprint density at radius 1 is 1.17 bits per heavy atom. The number of nitro benzene ring substituents is 1. The van der Waals surface area contributed by atoms with E-state index in [2.05, 4.69) is 4.98 Å². The summed E-state index contributed by atoms with van der Waals surface area (Å²) in [6.45, 7) is 0. The van der Waals surface area contributed by atoms with Crippen molar-refractivity contribution >= 4 is 17.2 Å². The molecule has 0 unspecified atom stereocenters. The van der Waals surface area contributed by atoms with Crippen LogP contribution in [-0.2, 0) is 0 Å². The van der Waals surface area contributed by atoms with Crippen molar-refractivity contribution in [1.29, 1.82) is 0 Å². The van der Waals surface area contributed by atoms with Gasteiger partial charge in [0.15, 0.2) is 0 Å². The van der Waals surface area contributed by atoms with Crippen molar-refractivity contribution in [3.63, 3.8) is 0 Å². The molecule has 1 heterocycles. The van der Waals surface area contributed by atoms with Crippen molar-refractivity contribution in [3.05, 3.63) is 46.6 Å². The number of hydrogen-bond donors (Lipinski definition) is 2. The predicted molar refractivity (Wildman–Crippen MR) is 66.2 cm³/mol. The predicted octanol–water partition coefficient (Wildman–Crippen LogP) is 1.95. The molecular formula is C11H10N4O3. The SMILES string of the molecule is Nc1cc(Oc2ccc(N)c([N+](=O)[O-])c2)ccn1. The van der Waals surface area contributed by atoms with E-state index in [-0.39, 0.29) is 11.4 Å². The van der Waals surface area contributed by atoms with Gasteiger partial charge in [-0.05, 0) is 18.2 Å². The van der Waals surface area contributed by atoms with Crippen molar-refractivity contribution < 1.29 is 9.66 Å². The second kappa shape index (κ2) is 4.58. The van der Waals surface area contributed by atoms with E-state index in [1.807, 2.05) is 0 Å². The first-order valence-corrected chi connectivity index (χ1v) is 4.99. The molecule has 0 aliphatic heterocycles. The summed E-state index contributed by atoms with van der Waals surface area (Å²) in [5, 5.41) is 10.7. The first-order valence-electron chi connectivity index (χ1n) is 4.99. The Morgan fingerprint density at radius 3 is 2.56 bits per heavy atom. The van der Waals surface area contributed by atoms with Crippen LogP contribution in [0, 0.1) is 10.1 Å². The smallest absolute Gasteiger partial charge is 0.295 e. The standard InChI is InChI=1S/C11H10N4O3/c12-9-2-1-7(5-10(9)15(16)17)18-8-3-4-14-11(13)6-8/h1-6H,12H2,(H2,13,14). The van der Waals surface area contributed by atoms with Gasteiger partial charge in [0.1, 0.15) is 23.0 Å². The van der Waals surface area contributed by atoms with Crippen LogP contribution in [0.4, 0.5) is 17.2 Å². The van der Waals surface area contributed by atoms with E-state index < -0.39 is 4.92 Å². The van der Waals surface area contributed by atoms with Crippen LogP contribution in [0.1, 0.15) is 0 Å². The number of hydrogen-bond acceptors (Lipinski definition) is 6. The molecule has 0 saturated heterocycles. The number of nitro groups is 1. The molecule has 0 atom stereocenters. The largest absolute Gasteiger partial charge is 0.457 e. The fourth-order valence-corrected chi connectivity index (χ4v) is 1.37. The van der Waals surface area contributed by atoms with Gasteiger partial charge in [-0.15, -0.1) is 0 Å². The zero-order valence-electron chi connectivity index (χ0n) is 9.24. The lowest BCUT2D eigenvalue weighted by molar-refractivity contribution is -0.384. The molecule has 2 rings (SSSR count). The van der Waals surface area contributed by atoms with Gasteiger partial charge in [0.05, 0.1) is 11.0 Å². The third-order valence-electron chi connectivity index (χ3n) is 2.19. The zero-order valence-corrected chi connectivity index (χ0v) is 9.24. The van der Waals surface area contributed by atoms with Gasteiger partial charge in [0, 0.05) is 12.3 Å². The Morgan fingerprint density at radius 2 is 1.89 bits per heavy atom. The molecule has 0 amide bonds. The van der Waals surface area contributed by atoms with Crippen LogP contribution < -0.4 is 16.2 Å². The molecule has 7 heteroatoms. The van der Waals surface area contributed by atoms with Crippen LogP contribution in [-0.4, -0.2) is 9.91 Å². The number of ether oxygens (including phenoxy) is 1. The minimum atomic E-state index is -0.566. The van der Waals surface area contributed by atoms with Gasteiger partial charge in [-0.1, -0.05) is 0 Å². The fraction of sp³-hybridized carbons (Fsp3) is 0. The first-order chi connectivity index (χ1) is 8.56. The lowest BCUT2D eigenvalue weighted by Crippen LogP contribution is -1.96. The molecule has 0 aliphatic carbocycles. The van der Waals surface area contributed by atoms with Crippen LogP contribution >= 0.6 is 0 Å². The number of nitrogens with two attached hydrogens (primary N) is 2. The minimum Gasteiger partial charge on any atom is -0.457 e. The van der Waals surface area contributed by atoms with Crippen LogP contribution in [0.2, 0.25) is 0 Å². The molecule has 1 aromatic heterocycles. The topological polar surface area (TPSA) is 117 Å². The van der Waals surface area contributed by atoms with E-state index in [1.165, 1.54) is 24.4 Å². The highest BCUT2D eigenvalue weighted by atomic mass is 16.6. The number of pyridine rings is 1. The molecule has 18 heavy (non-hydrogen) atoms. The monoisotopic (exact) mass is 246 g/mol. The van der Waals surface area contributed by atoms with Crippen LogP contribution in [0.25, 0.3) is 0 Å².